The van der Waals surface area contributed by atoms with E-state index in [4.69, 9.17) is 5.26 Å². The fraction of sp³-hybridized carbons (Fsp3) is 0.308. The topological polar surface area (TPSA) is 57.9 Å². The normalized spacial score (nSPS) is 14.8. The van der Waals surface area contributed by atoms with Crippen LogP contribution in [0.4, 0.5) is 39.5 Å². The minimum Gasteiger partial charge on any atom is -0.216 e. The SMILES string of the molecule is N#C/C(=C\c1ccccc1)S(=O)(=O)C(F)(F)C(F)(F)C(F)(F)C(F)(F)F. The van der Waals surface area contributed by atoms with Crippen molar-refractivity contribution in [1.82, 2.24) is 0 Å². The van der Waals surface area contributed by atoms with Crippen LogP contribution in [-0.4, -0.2) is 31.7 Å². The van der Waals surface area contributed by atoms with Crippen LogP contribution in [0.3, 0.4) is 0 Å². The summed E-state index contributed by atoms with van der Waals surface area (Å²) in [5, 5.41) is 1.69. The summed E-state index contributed by atoms with van der Waals surface area (Å²) >= 11 is 0. The van der Waals surface area contributed by atoms with E-state index in [1.165, 1.54) is 18.2 Å². The van der Waals surface area contributed by atoms with Gasteiger partial charge in [-0.1, -0.05) is 30.3 Å². The lowest BCUT2D eigenvalue weighted by atomic mass is 10.1. The Morgan fingerprint density at radius 3 is 1.73 bits per heavy atom. The van der Waals surface area contributed by atoms with Crippen molar-refractivity contribution in [2.24, 2.45) is 0 Å². The molecule has 0 saturated heterocycles. The third-order valence-corrected chi connectivity index (χ3v) is 4.67. The second-order valence-electron chi connectivity index (χ2n) is 4.70. The predicted molar refractivity (Wildman–Crippen MR) is 69.8 cm³/mol. The summed E-state index contributed by atoms with van der Waals surface area (Å²) in [5.74, 6) is -14.8. The summed E-state index contributed by atoms with van der Waals surface area (Å²) < 4.78 is 139. The molecule has 1 aromatic rings. The summed E-state index contributed by atoms with van der Waals surface area (Å²) in [4.78, 5) is -2.12. The second-order valence-corrected chi connectivity index (χ2v) is 6.66. The van der Waals surface area contributed by atoms with E-state index >= 15 is 0 Å². The molecule has 0 aliphatic carbocycles. The Balaban J connectivity index is 3.59. The highest BCUT2D eigenvalue weighted by atomic mass is 32.2. The molecule has 3 nitrogen and oxygen atoms in total. The van der Waals surface area contributed by atoms with Crippen LogP contribution in [0.1, 0.15) is 5.56 Å². The average molecular weight is 411 g/mol. The third kappa shape index (κ3) is 3.25. The fourth-order valence-corrected chi connectivity index (χ4v) is 2.69. The van der Waals surface area contributed by atoms with Gasteiger partial charge in [0.05, 0.1) is 0 Å². The molecule has 144 valence electrons. The maximum atomic E-state index is 13.6. The van der Waals surface area contributed by atoms with Crippen molar-refractivity contribution in [3.63, 3.8) is 0 Å². The molecule has 0 unspecified atom stereocenters. The first-order valence-electron chi connectivity index (χ1n) is 6.15. The van der Waals surface area contributed by atoms with Gasteiger partial charge < -0.3 is 0 Å². The van der Waals surface area contributed by atoms with Gasteiger partial charge >= 0.3 is 23.3 Å². The number of hydrogen-bond donors (Lipinski definition) is 0. The van der Waals surface area contributed by atoms with Crippen molar-refractivity contribution in [2.45, 2.75) is 23.3 Å². The van der Waals surface area contributed by atoms with Crippen LogP contribution in [0.25, 0.3) is 6.08 Å². The largest absolute Gasteiger partial charge is 0.460 e. The number of rotatable bonds is 5. The van der Waals surface area contributed by atoms with Crippen molar-refractivity contribution in [3.8, 4) is 6.07 Å². The number of allylic oxidation sites excluding steroid dienone is 1. The summed E-state index contributed by atoms with van der Waals surface area (Å²) in [6, 6.07) is 6.47. The Bertz CT molecular complexity index is 837. The Morgan fingerprint density at radius 1 is 0.885 bits per heavy atom. The van der Waals surface area contributed by atoms with Crippen molar-refractivity contribution in [3.05, 3.63) is 40.8 Å². The molecule has 0 bridgehead atoms. The lowest BCUT2D eigenvalue weighted by Crippen LogP contribution is -2.63. The van der Waals surface area contributed by atoms with Gasteiger partial charge in [0.1, 0.15) is 6.07 Å². The zero-order chi connectivity index (χ0) is 20.6. The van der Waals surface area contributed by atoms with Gasteiger partial charge in [-0.2, -0.15) is 44.8 Å². The number of alkyl halides is 9. The highest BCUT2D eigenvalue weighted by Gasteiger charge is 2.85. The first-order chi connectivity index (χ1) is 11.5. The quantitative estimate of drug-likeness (QED) is 0.534. The van der Waals surface area contributed by atoms with Crippen molar-refractivity contribution in [2.75, 3.05) is 0 Å². The van der Waals surface area contributed by atoms with Gasteiger partial charge in [-0.05, 0) is 11.6 Å². The molecule has 0 heterocycles. The molecule has 0 aliphatic rings. The molecule has 1 rings (SSSR count). The lowest BCUT2D eigenvalue weighted by molar-refractivity contribution is -0.382. The van der Waals surface area contributed by atoms with E-state index in [2.05, 4.69) is 0 Å². The summed E-state index contributed by atoms with van der Waals surface area (Å²) in [7, 11) is -6.91. The first kappa shape index (κ1) is 21.8. The predicted octanol–water partition coefficient (Wildman–Crippen LogP) is 4.39. The average Bonchev–Trinajstić information content (AvgIpc) is 2.51. The van der Waals surface area contributed by atoms with E-state index in [0.29, 0.717) is 6.07 Å². The van der Waals surface area contributed by atoms with E-state index in [0.717, 1.165) is 12.1 Å². The molecular formula is C13H6F9NO2S. The molecule has 1 aromatic carbocycles. The van der Waals surface area contributed by atoms with Gasteiger partial charge in [0.2, 0.25) is 0 Å². The summed E-state index contributed by atoms with van der Waals surface area (Å²) in [5.41, 5.74) is -0.283. The number of sulfone groups is 1. The van der Waals surface area contributed by atoms with Gasteiger partial charge in [0.15, 0.2) is 4.91 Å². The molecule has 0 atom stereocenters. The van der Waals surface area contributed by atoms with E-state index in [-0.39, 0.29) is 11.6 Å². The summed E-state index contributed by atoms with van der Waals surface area (Å²) in [6.07, 6.45) is -7.05. The van der Waals surface area contributed by atoms with E-state index < -0.39 is 38.0 Å². The molecule has 0 spiro atoms. The van der Waals surface area contributed by atoms with E-state index in [1.807, 2.05) is 0 Å². The Hall–Kier alpha value is -2.23. The molecular weight excluding hydrogens is 405 g/mol. The van der Waals surface area contributed by atoms with Gasteiger partial charge in [-0.15, -0.1) is 0 Å². The Labute approximate surface area is 140 Å². The number of hydrogen-bond acceptors (Lipinski definition) is 3. The minimum absolute atomic E-state index is 0.130. The second kappa shape index (κ2) is 6.49. The molecule has 0 fully saturated rings. The number of halogens is 9. The Kier molecular flexibility index (Phi) is 5.45. The van der Waals surface area contributed by atoms with Crippen molar-refractivity contribution in [1.29, 1.82) is 5.26 Å². The van der Waals surface area contributed by atoms with E-state index in [9.17, 15) is 47.9 Å². The smallest absolute Gasteiger partial charge is 0.216 e. The molecule has 0 N–H and O–H groups in total. The number of nitriles is 1. The van der Waals surface area contributed by atoms with Gasteiger partial charge in [-0.3, -0.25) is 0 Å². The molecule has 0 aliphatic heterocycles. The molecule has 0 aromatic heterocycles. The van der Waals surface area contributed by atoms with Crippen LogP contribution in [0.2, 0.25) is 0 Å². The highest BCUT2D eigenvalue weighted by Crippen LogP contribution is 2.55. The molecule has 0 saturated carbocycles. The minimum atomic E-state index is -7.39. The van der Waals surface area contributed by atoms with Crippen molar-refractivity contribution < 1.29 is 47.9 Å². The van der Waals surface area contributed by atoms with Gasteiger partial charge in [-0.25, -0.2) is 8.42 Å². The van der Waals surface area contributed by atoms with Crippen LogP contribution in [-0.2, 0) is 9.84 Å². The van der Waals surface area contributed by atoms with E-state index in [1.54, 1.807) is 0 Å². The van der Waals surface area contributed by atoms with Crippen LogP contribution in [0.5, 0.6) is 0 Å². The molecule has 0 radical (unpaired) electrons. The van der Waals surface area contributed by atoms with Crippen LogP contribution in [0.15, 0.2) is 35.2 Å². The lowest BCUT2D eigenvalue weighted by Gasteiger charge is -2.32. The van der Waals surface area contributed by atoms with Crippen LogP contribution in [0, 0.1) is 11.3 Å². The standard InChI is InChI=1S/C13H6F9NO2S/c14-10(15,12(18,19)20)11(16,17)13(21,22)26(24,25)9(7-23)6-8-4-2-1-3-5-8/h1-6H/b9-6+. The summed E-state index contributed by atoms with van der Waals surface area (Å²) in [6.45, 7) is 0. The third-order valence-electron chi connectivity index (χ3n) is 2.95. The number of nitrogens with zero attached hydrogens (tertiary/aromatic N) is 1. The highest BCUT2D eigenvalue weighted by molar-refractivity contribution is 7.96. The molecule has 13 heteroatoms. The monoisotopic (exact) mass is 411 g/mol. The molecule has 0 amide bonds. The first-order valence-corrected chi connectivity index (χ1v) is 7.64. The maximum Gasteiger partial charge on any atom is 0.460 e. The van der Waals surface area contributed by atoms with Gasteiger partial charge in [0, 0.05) is 0 Å². The zero-order valence-electron chi connectivity index (χ0n) is 12.0. The maximum absolute atomic E-state index is 13.6. The van der Waals surface area contributed by atoms with Crippen LogP contribution >= 0.6 is 0 Å². The zero-order valence-corrected chi connectivity index (χ0v) is 12.9. The number of benzene rings is 1. The Morgan fingerprint density at radius 2 is 1.35 bits per heavy atom. The molecule has 26 heavy (non-hydrogen) atoms. The van der Waals surface area contributed by atoms with Crippen LogP contribution < -0.4 is 0 Å². The fourth-order valence-electron chi connectivity index (χ4n) is 1.54. The van der Waals surface area contributed by atoms with Crippen molar-refractivity contribution >= 4 is 15.9 Å². The van der Waals surface area contributed by atoms with Gasteiger partial charge in [0.25, 0.3) is 9.84 Å².